The van der Waals surface area contributed by atoms with E-state index in [9.17, 15) is 0 Å². The van der Waals surface area contributed by atoms with Gasteiger partial charge in [0.1, 0.15) is 5.75 Å². The maximum Gasteiger partial charge on any atom is 0.118 e. The molecule has 0 aliphatic carbocycles. The Morgan fingerprint density at radius 3 is 2.47 bits per heavy atom. The zero-order chi connectivity index (χ0) is 13.5. The van der Waals surface area contributed by atoms with Crippen LogP contribution in [0.2, 0.25) is 0 Å². The van der Waals surface area contributed by atoms with Crippen molar-refractivity contribution in [3.05, 3.63) is 70.1 Å². The van der Waals surface area contributed by atoms with Crippen molar-refractivity contribution in [3.63, 3.8) is 0 Å². The van der Waals surface area contributed by atoms with Crippen molar-refractivity contribution in [1.29, 1.82) is 0 Å². The lowest BCUT2D eigenvalue weighted by atomic mass is 10.0. The van der Waals surface area contributed by atoms with E-state index >= 15 is 0 Å². The fraction of sp³-hybridized carbons (Fsp3) is 0.200. The van der Waals surface area contributed by atoms with Gasteiger partial charge >= 0.3 is 0 Å². The van der Waals surface area contributed by atoms with E-state index in [1.807, 2.05) is 36.4 Å². The second-order valence-electron chi connectivity index (χ2n) is 4.17. The molecule has 96 valence electrons. The van der Waals surface area contributed by atoms with Crippen molar-refractivity contribution in [2.75, 3.05) is 7.11 Å². The van der Waals surface area contributed by atoms with Gasteiger partial charge in [0.2, 0.25) is 0 Å². The molecule has 0 aliphatic heterocycles. The topological polar surface area (TPSA) is 58.0 Å². The van der Waals surface area contributed by atoms with Gasteiger partial charge in [-0.2, -0.15) is 0 Å². The summed E-state index contributed by atoms with van der Waals surface area (Å²) in [7, 11) is 1.66. The molecule has 2 rings (SSSR count). The number of ether oxygens (including phenoxy) is 1. The summed E-state index contributed by atoms with van der Waals surface area (Å²) in [5, 5.41) is 3.71. The molecular weight excluding hydrogens is 238 g/mol. The summed E-state index contributed by atoms with van der Waals surface area (Å²) in [6.45, 7) is 0. The molecule has 0 saturated heterocycles. The summed E-state index contributed by atoms with van der Waals surface area (Å²) < 4.78 is 5.13. The van der Waals surface area contributed by atoms with Crippen LogP contribution in [0.1, 0.15) is 11.1 Å². The molecule has 2 aromatic rings. The van der Waals surface area contributed by atoms with E-state index in [4.69, 9.17) is 10.3 Å². The molecule has 4 nitrogen and oxygen atoms in total. The Hall–Kier alpha value is -2.45. The highest BCUT2D eigenvalue weighted by atomic mass is 16.5. The molecule has 0 radical (unpaired) electrons. The van der Waals surface area contributed by atoms with E-state index in [1.165, 1.54) is 5.56 Å². The predicted octanol–water partition coefficient (Wildman–Crippen LogP) is 4.42. The quantitative estimate of drug-likeness (QED) is 0.442. The smallest absolute Gasteiger partial charge is 0.118 e. The van der Waals surface area contributed by atoms with Crippen molar-refractivity contribution >= 4 is 5.69 Å². The molecule has 0 heterocycles. The van der Waals surface area contributed by atoms with Crippen molar-refractivity contribution in [2.24, 2.45) is 5.11 Å². The van der Waals surface area contributed by atoms with E-state index in [1.54, 1.807) is 7.11 Å². The third-order valence-corrected chi connectivity index (χ3v) is 2.99. The molecule has 0 unspecified atom stereocenters. The van der Waals surface area contributed by atoms with Crippen LogP contribution in [0.4, 0.5) is 5.69 Å². The first-order chi connectivity index (χ1) is 9.33. The second-order valence-corrected chi connectivity index (χ2v) is 4.17. The van der Waals surface area contributed by atoms with E-state index < -0.39 is 0 Å². The molecule has 0 amide bonds. The first kappa shape index (κ1) is 13.0. The van der Waals surface area contributed by atoms with Crippen molar-refractivity contribution in [3.8, 4) is 5.75 Å². The number of aryl methyl sites for hydroxylation is 2. The molecule has 0 bridgehead atoms. The van der Waals surface area contributed by atoms with E-state index in [-0.39, 0.29) is 0 Å². The molecule has 19 heavy (non-hydrogen) atoms. The summed E-state index contributed by atoms with van der Waals surface area (Å²) in [6.07, 6.45) is 1.75. The van der Waals surface area contributed by atoms with Gasteiger partial charge in [0.05, 0.1) is 7.11 Å². The molecule has 0 aromatic heterocycles. The Morgan fingerprint density at radius 2 is 1.79 bits per heavy atom. The van der Waals surface area contributed by atoms with E-state index in [0.717, 1.165) is 24.2 Å². The van der Waals surface area contributed by atoms with Crippen LogP contribution >= 0.6 is 0 Å². The van der Waals surface area contributed by atoms with Gasteiger partial charge in [0.15, 0.2) is 0 Å². The lowest BCUT2D eigenvalue weighted by molar-refractivity contribution is 0.414. The Bertz CT molecular complexity index is 587. The zero-order valence-corrected chi connectivity index (χ0v) is 10.8. The summed E-state index contributed by atoms with van der Waals surface area (Å²) in [6, 6.07) is 15.7. The van der Waals surface area contributed by atoms with Gasteiger partial charge in [-0.1, -0.05) is 41.5 Å². The van der Waals surface area contributed by atoms with Crippen LogP contribution in [-0.2, 0) is 12.8 Å². The van der Waals surface area contributed by atoms with Gasteiger partial charge in [0, 0.05) is 10.6 Å². The monoisotopic (exact) mass is 253 g/mol. The van der Waals surface area contributed by atoms with Crippen LogP contribution < -0.4 is 4.74 Å². The maximum atomic E-state index is 8.53. The molecule has 0 atom stereocenters. The maximum absolute atomic E-state index is 8.53. The first-order valence-corrected chi connectivity index (χ1v) is 6.09. The van der Waals surface area contributed by atoms with E-state index in [2.05, 4.69) is 22.2 Å². The predicted molar refractivity (Wildman–Crippen MR) is 75.7 cm³/mol. The Morgan fingerprint density at radius 1 is 1.05 bits per heavy atom. The third-order valence-electron chi connectivity index (χ3n) is 2.99. The highest BCUT2D eigenvalue weighted by molar-refractivity contribution is 5.46. The molecule has 4 heteroatoms. The number of methoxy groups -OCH3 is 1. The molecule has 0 aliphatic rings. The van der Waals surface area contributed by atoms with Gasteiger partial charge in [0.25, 0.3) is 0 Å². The van der Waals surface area contributed by atoms with Crippen LogP contribution in [0.25, 0.3) is 10.4 Å². The first-order valence-electron chi connectivity index (χ1n) is 6.09. The number of hydrogen-bond acceptors (Lipinski definition) is 2. The number of nitrogens with zero attached hydrogens (tertiary/aromatic N) is 3. The molecule has 0 fully saturated rings. The van der Waals surface area contributed by atoms with Gasteiger partial charge in [-0.05, 0) is 41.6 Å². The summed E-state index contributed by atoms with van der Waals surface area (Å²) in [5.41, 5.74) is 11.5. The normalized spacial score (nSPS) is 9.74. The van der Waals surface area contributed by atoms with Gasteiger partial charge in [-0.15, -0.1) is 0 Å². The minimum absolute atomic E-state index is 0.707. The van der Waals surface area contributed by atoms with Gasteiger partial charge in [-0.25, -0.2) is 0 Å². The highest BCUT2D eigenvalue weighted by Gasteiger charge is 2.01. The zero-order valence-electron chi connectivity index (χ0n) is 10.8. The van der Waals surface area contributed by atoms with Crippen LogP contribution in [0.3, 0.4) is 0 Å². The second kappa shape index (κ2) is 6.47. The van der Waals surface area contributed by atoms with Crippen LogP contribution in [0, 0.1) is 0 Å². The molecule has 0 N–H and O–H groups in total. The van der Waals surface area contributed by atoms with Gasteiger partial charge in [-0.3, -0.25) is 0 Å². The Balaban J connectivity index is 2.07. The van der Waals surface area contributed by atoms with Crippen LogP contribution in [0.5, 0.6) is 5.75 Å². The Kier molecular flexibility index (Phi) is 4.43. The molecule has 0 spiro atoms. The minimum atomic E-state index is 0.707. The van der Waals surface area contributed by atoms with Crippen LogP contribution in [0.15, 0.2) is 53.6 Å². The number of rotatable bonds is 5. The molecule has 2 aromatic carbocycles. The highest BCUT2D eigenvalue weighted by Crippen LogP contribution is 2.21. The summed E-state index contributed by atoms with van der Waals surface area (Å²) in [4.78, 5) is 2.85. The van der Waals surface area contributed by atoms with Crippen molar-refractivity contribution < 1.29 is 4.74 Å². The average molecular weight is 253 g/mol. The molecular formula is C15H15N3O. The summed E-state index contributed by atoms with van der Waals surface area (Å²) in [5.74, 6) is 0.859. The SMILES string of the molecule is COc1ccc(CCc2ccccc2N=[N+]=[N-])cc1. The number of benzene rings is 2. The molecule has 0 saturated carbocycles. The number of hydrogen-bond donors (Lipinski definition) is 0. The Labute approximate surface area is 112 Å². The fourth-order valence-corrected chi connectivity index (χ4v) is 1.94. The lowest BCUT2D eigenvalue weighted by Gasteiger charge is -2.06. The average Bonchev–Trinajstić information content (AvgIpc) is 2.47. The van der Waals surface area contributed by atoms with Gasteiger partial charge < -0.3 is 4.74 Å². The fourth-order valence-electron chi connectivity index (χ4n) is 1.94. The number of azide groups is 1. The third kappa shape index (κ3) is 3.50. The largest absolute Gasteiger partial charge is 0.497 e. The van der Waals surface area contributed by atoms with Crippen LogP contribution in [-0.4, -0.2) is 7.11 Å². The van der Waals surface area contributed by atoms with Crippen molar-refractivity contribution in [2.45, 2.75) is 12.8 Å². The van der Waals surface area contributed by atoms with Crippen molar-refractivity contribution in [1.82, 2.24) is 0 Å². The van der Waals surface area contributed by atoms with E-state index in [0.29, 0.717) is 5.69 Å². The standard InChI is InChI=1S/C15H15N3O/c1-19-14-10-7-12(8-11-14)6-9-13-4-2-3-5-15(13)17-18-16/h2-5,7-8,10-11H,6,9H2,1H3. The lowest BCUT2D eigenvalue weighted by Crippen LogP contribution is -1.92. The summed E-state index contributed by atoms with van der Waals surface area (Å²) >= 11 is 0. The minimum Gasteiger partial charge on any atom is -0.497 e.